The SMILES string of the molecule is COc1ccc(C(=O)N2CCN(c3ccc(NC(=O)CSc4nnnn4-c4ccccc4OC)cc3)CC2)cc1. The van der Waals surface area contributed by atoms with Gasteiger partial charge in [0.25, 0.3) is 5.91 Å². The minimum atomic E-state index is -0.169. The van der Waals surface area contributed by atoms with Gasteiger partial charge in [0.1, 0.15) is 17.2 Å². The average molecular weight is 560 g/mol. The van der Waals surface area contributed by atoms with E-state index in [9.17, 15) is 9.59 Å². The monoisotopic (exact) mass is 559 g/mol. The zero-order chi connectivity index (χ0) is 27.9. The number of carbonyl (C=O) groups is 2. The number of amides is 2. The van der Waals surface area contributed by atoms with Gasteiger partial charge in [0, 0.05) is 43.1 Å². The van der Waals surface area contributed by atoms with E-state index in [1.54, 1.807) is 43.2 Å². The van der Waals surface area contributed by atoms with Crippen LogP contribution in [0.2, 0.25) is 0 Å². The Labute approximate surface area is 236 Å². The molecule has 0 aliphatic carbocycles. The smallest absolute Gasteiger partial charge is 0.253 e. The summed E-state index contributed by atoms with van der Waals surface area (Å²) >= 11 is 1.24. The molecule has 11 nitrogen and oxygen atoms in total. The number of hydrogen-bond donors (Lipinski definition) is 1. The summed E-state index contributed by atoms with van der Waals surface area (Å²) in [6.45, 7) is 2.72. The van der Waals surface area contributed by atoms with Crippen LogP contribution in [0.3, 0.4) is 0 Å². The Hall–Kier alpha value is -4.58. The van der Waals surface area contributed by atoms with Crippen LogP contribution in [0.1, 0.15) is 10.4 Å². The topological polar surface area (TPSA) is 115 Å². The van der Waals surface area contributed by atoms with Crippen molar-refractivity contribution in [3.05, 3.63) is 78.4 Å². The van der Waals surface area contributed by atoms with Gasteiger partial charge in [-0.2, -0.15) is 4.68 Å². The van der Waals surface area contributed by atoms with Crippen LogP contribution in [-0.2, 0) is 4.79 Å². The number of tetrazole rings is 1. The first-order valence-electron chi connectivity index (χ1n) is 12.7. The van der Waals surface area contributed by atoms with Crippen molar-refractivity contribution in [1.82, 2.24) is 25.1 Å². The van der Waals surface area contributed by atoms with Gasteiger partial charge in [-0.05, 0) is 71.1 Å². The van der Waals surface area contributed by atoms with E-state index < -0.39 is 0 Å². The average Bonchev–Trinajstić information content (AvgIpc) is 3.49. The van der Waals surface area contributed by atoms with Crippen LogP contribution in [0.15, 0.2) is 78.0 Å². The molecule has 40 heavy (non-hydrogen) atoms. The fourth-order valence-corrected chi connectivity index (χ4v) is 5.08. The molecule has 2 heterocycles. The molecule has 0 radical (unpaired) electrons. The number of rotatable bonds is 9. The predicted molar refractivity (Wildman–Crippen MR) is 153 cm³/mol. The Morgan fingerprint density at radius 3 is 2.33 bits per heavy atom. The van der Waals surface area contributed by atoms with E-state index in [0.29, 0.717) is 40.9 Å². The first kappa shape index (κ1) is 27.0. The Morgan fingerprint density at radius 2 is 1.62 bits per heavy atom. The van der Waals surface area contributed by atoms with Crippen LogP contribution >= 0.6 is 11.8 Å². The lowest BCUT2D eigenvalue weighted by molar-refractivity contribution is -0.113. The van der Waals surface area contributed by atoms with Gasteiger partial charge in [0.05, 0.1) is 20.0 Å². The molecule has 1 saturated heterocycles. The second-order valence-corrected chi connectivity index (χ2v) is 9.88. The van der Waals surface area contributed by atoms with Crippen LogP contribution in [0.4, 0.5) is 11.4 Å². The number of piperazine rings is 1. The summed E-state index contributed by atoms with van der Waals surface area (Å²) in [7, 11) is 3.19. The fourth-order valence-electron chi connectivity index (χ4n) is 4.39. The van der Waals surface area contributed by atoms with E-state index in [4.69, 9.17) is 9.47 Å². The molecule has 0 saturated carbocycles. The summed E-state index contributed by atoms with van der Waals surface area (Å²) in [6, 6.07) is 22.3. The van der Waals surface area contributed by atoms with Gasteiger partial charge in [0.15, 0.2) is 0 Å². The molecular weight excluding hydrogens is 530 g/mol. The lowest BCUT2D eigenvalue weighted by Crippen LogP contribution is -2.48. The number of hydrogen-bond acceptors (Lipinski definition) is 9. The third-order valence-corrected chi connectivity index (χ3v) is 7.43. The van der Waals surface area contributed by atoms with Crippen molar-refractivity contribution in [2.75, 3.05) is 56.4 Å². The van der Waals surface area contributed by atoms with Crippen LogP contribution in [0.25, 0.3) is 5.69 Å². The van der Waals surface area contributed by atoms with Gasteiger partial charge in [-0.1, -0.05) is 23.9 Å². The highest BCUT2D eigenvalue weighted by Gasteiger charge is 2.22. The number of thioether (sulfide) groups is 1. The largest absolute Gasteiger partial charge is 0.497 e. The lowest BCUT2D eigenvalue weighted by Gasteiger charge is -2.36. The molecule has 3 aromatic carbocycles. The second kappa shape index (κ2) is 12.5. The Balaban J connectivity index is 1.11. The van der Waals surface area contributed by atoms with E-state index in [2.05, 4.69) is 25.7 Å². The number of nitrogens with one attached hydrogen (secondary N) is 1. The fraction of sp³-hybridized carbons (Fsp3) is 0.250. The van der Waals surface area contributed by atoms with Gasteiger partial charge < -0.3 is 24.6 Å². The first-order valence-corrected chi connectivity index (χ1v) is 13.7. The van der Waals surface area contributed by atoms with Crippen LogP contribution in [-0.4, -0.2) is 83.1 Å². The molecule has 1 N–H and O–H groups in total. The van der Waals surface area contributed by atoms with Gasteiger partial charge in [-0.15, -0.1) is 5.10 Å². The van der Waals surface area contributed by atoms with Gasteiger partial charge in [-0.3, -0.25) is 9.59 Å². The molecule has 12 heteroatoms. The van der Waals surface area contributed by atoms with E-state index in [0.717, 1.165) is 24.5 Å². The van der Waals surface area contributed by atoms with Crippen molar-refractivity contribution < 1.29 is 19.1 Å². The molecule has 206 valence electrons. The van der Waals surface area contributed by atoms with Gasteiger partial charge >= 0.3 is 0 Å². The number of carbonyl (C=O) groups excluding carboxylic acids is 2. The van der Waals surface area contributed by atoms with Crippen molar-refractivity contribution in [1.29, 1.82) is 0 Å². The zero-order valence-corrected chi connectivity index (χ0v) is 23.0. The van der Waals surface area contributed by atoms with Crippen LogP contribution in [0, 0.1) is 0 Å². The number of para-hydroxylation sites is 2. The molecular formula is C28H29N7O4S. The number of methoxy groups -OCH3 is 2. The van der Waals surface area contributed by atoms with Crippen molar-refractivity contribution in [2.24, 2.45) is 0 Å². The summed E-state index contributed by atoms with van der Waals surface area (Å²) in [4.78, 5) is 29.6. The van der Waals surface area contributed by atoms with E-state index >= 15 is 0 Å². The Kier molecular flexibility index (Phi) is 8.45. The summed E-state index contributed by atoms with van der Waals surface area (Å²) in [5, 5.41) is 15.2. The van der Waals surface area contributed by atoms with Crippen LogP contribution < -0.4 is 19.7 Å². The van der Waals surface area contributed by atoms with Crippen molar-refractivity contribution in [3.8, 4) is 17.2 Å². The Morgan fingerprint density at radius 1 is 0.900 bits per heavy atom. The summed E-state index contributed by atoms with van der Waals surface area (Å²) < 4.78 is 12.1. The highest BCUT2D eigenvalue weighted by atomic mass is 32.2. The number of aromatic nitrogens is 4. The maximum atomic E-state index is 12.8. The third kappa shape index (κ3) is 6.18. The maximum absolute atomic E-state index is 12.8. The molecule has 2 amide bonds. The summed E-state index contributed by atoms with van der Waals surface area (Å²) in [5.74, 6) is 1.35. The van der Waals surface area contributed by atoms with Crippen molar-refractivity contribution in [3.63, 3.8) is 0 Å². The quantitative estimate of drug-likeness (QED) is 0.308. The first-order chi connectivity index (χ1) is 19.6. The molecule has 0 bridgehead atoms. The highest BCUT2D eigenvalue weighted by Crippen LogP contribution is 2.26. The molecule has 0 atom stereocenters. The molecule has 4 aromatic rings. The molecule has 1 fully saturated rings. The third-order valence-electron chi connectivity index (χ3n) is 6.51. The molecule has 0 spiro atoms. The predicted octanol–water partition coefficient (Wildman–Crippen LogP) is 3.37. The van der Waals surface area contributed by atoms with Crippen molar-refractivity contribution in [2.45, 2.75) is 5.16 Å². The maximum Gasteiger partial charge on any atom is 0.253 e. The second-order valence-electron chi connectivity index (χ2n) is 8.94. The number of anilines is 2. The summed E-state index contributed by atoms with van der Waals surface area (Å²) in [5.41, 5.74) is 3.09. The highest BCUT2D eigenvalue weighted by molar-refractivity contribution is 7.99. The van der Waals surface area contributed by atoms with E-state index in [-0.39, 0.29) is 17.6 Å². The number of benzene rings is 3. The minimum Gasteiger partial charge on any atom is -0.497 e. The molecule has 0 unspecified atom stereocenters. The lowest BCUT2D eigenvalue weighted by atomic mass is 10.1. The minimum absolute atomic E-state index is 0.0233. The molecule has 1 aliphatic rings. The molecule has 1 aliphatic heterocycles. The zero-order valence-electron chi connectivity index (χ0n) is 22.2. The Bertz CT molecular complexity index is 1450. The normalized spacial score (nSPS) is 13.2. The van der Waals surface area contributed by atoms with Gasteiger partial charge in [-0.25, -0.2) is 0 Å². The standard InChI is InChI=1S/C28H29N7O4S/c1-38-23-13-7-20(8-14-23)27(37)34-17-15-33(16-18-34)22-11-9-21(10-12-22)29-26(36)19-40-28-30-31-32-35(28)24-5-3-4-6-25(24)39-2/h3-14H,15-19H2,1-2H3,(H,29,36). The van der Waals surface area contributed by atoms with Crippen LogP contribution in [0.5, 0.6) is 11.5 Å². The van der Waals surface area contributed by atoms with Crippen molar-refractivity contribution >= 4 is 35.0 Å². The summed E-state index contributed by atoms with van der Waals surface area (Å²) in [6.07, 6.45) is 0. The van der Waals surface area contributed by atoms with Gasteiger partial charge in [0.2, 0.25) is 11.1 Å². The molecule has 5 rings (SSSR count). The number of nitrogens with zero attached hydrogens (tertiary/aromatic N) is 6. The number of ether oxygens (including phenoxy) is 2. The molecule has 1 aromatic heterocycles. The van der Waals surface area contributed by atoms with E-state index in [1.165, 1.54) is 11.8 Å². The van der Waals surface area contributed by atoms with E-state index in [1.807, 2.05) is 53.4 Å².